The standard InChI is InChI=1S/C14H31NO6/c1-2-3-4-5-6-7-8-15-14(21)13(20)12(19)11(18)10(17)9-16/h10-21H,2-9H2,1H3. The van der Waals surface area contributed by atoms with E-state index in [0.717, 1.165) is 19.3 Å². The molecule has 0 amide bonds. The van der Waals surface area contributed by atoms with Crippen LogP contribution in [0.25, 0.3) is 0 Å². The van der Waals surface area contributed by atoms with E-state index in [1.165, 1.54) is 19.3 Å². The van der Waals surface area contributed by atoms with Crippen LogP contribution in [-0.4, -0.2) is 74.4 Å². The monoisotopic (exact) mass is 309 g/mol. The Kier molecular flexibility index (Phi) is 12.1. The summed E-state index contributed by atoms with van der Waals surface area (Å²) in [5.41, 5.74) is 0. The van der Waals surface area contributed by atoms with Crippen molar-refractivity contribution in [1.29, 1.82) is 0 Å². The van der Waals surface area contributed by atoms with E-state index in [1.807, 2.05) is 0 Å². The van der Waals surface area contributed by atoms with Crippen LogP contribution < -0.4 is 5.32 Å². The maximum atomic E-state index is 9.66. The first-order valence-electron chi connectivity index (χ1n) is 7.70. The van der Waals surface area contributed by atoms with Gasteiger partial charge in [0.15, 0.2) is 0 Å². The maximum absolute atomic E-state index is 9.66. The van der Waals surface area contributed by atoms with Gasteiger partial charge in [0.25, 0.3) is 0 Å². The molecule has 0 rings (SSSR count). The van der Waals surface area contributed by atoms with Crippen LogP contribution in [0.2, 0.25) is 0 Å². The third-order valence-corrected chi connectivity index (χ3v) is 3.49. The molecule has 128 valence electrons. The molecule has 0 radical (unpaired) electrons. The van der Waals surface area contributed by atoms with Crippen molar-refractivity contribution in [3.8, 4) is 0 Å². The minimum Gasteiger partial charge on any atom is -0.394 e. The van der Waals surface area contributed by atoms with E-state index in [2.05, 4.69) is 12.2 Å². The highest BCUT2D eigenvalue weighted by atomic mass is 16.4. The number of hydrogen-bond acceptors (Lipinski definition) is 7. The quantitative estimate of drug-likeness (QED) is 0.166. The molecule has 7 nitrogen and oxygen atoms in total. The largest absolute Gasteiger partial charge is 0.394 e. The van der Waals surface area contributed by atoms with Gasteiger partial charge in [-0.1, -0.05) is 39.0 Å². The average Bonchev–Trinajstić information content (AvgIpc) is 2.50. The SMILES string of the molecule is CCCCCCCCNC(O)C(O)C(O)C(O)C(O)CO. The Balaban J connectivity index is 3.85. The molecule has 0 aromatic rings. The molecule has 5 atom stereocenters. The number of aliphatic hydroxyl groups is 6. The molecule has 7 N–H and O–H groups in total. The van der Waals surface area contributed by atoms with Gasteiger partial charge in [-0.05, 0) is 13.0 Å². The summed E-state index contributed by atoms with van der Waals surface area (Å²) in [5, 5.41) is 58.8. The fourth-order valence-corrected chi connectivity index (χ4v) is 2.00. The van der Waals surface area contributed by atoms with E-state index < -0.39 is 37.3 Å². The molecular weight excluding hydrogens is 278 g/mol. The van der Waals surface area contributed by atoms with Crippen LogP contribution in [0.5, 0.6) is 0 Å². The van der Waals surface area contributed by atoms with Gasteiger partial charge in [0, 0.05) is 0 Å². The number of rotatable bonds is 13. The van der Waals surface area contributed by atoms with Crippen LogP contribution >= 0.6 is 0 Å². The van der Waals surface area contributed by atoms with Crippen molar-refractivity contribution in [2.45, 2.75) is 76.1 Å². The summed E-state index contributed by atoms with van der Waals surface area (Å²) in [6, 6.07) is 0. The molecule has 21 heavy (non-hydrogen) atoms. The van der Waals surface area contributed by atoms with E-state index in [0.29, 0.717) is 6.54 Å². The third-order valence-electron chi connectivity index (χ3n) is 3.49. The second-order valence-electron chi connectivity index (χ2n) is 5.39. The van der Waals surface area contributed by atoms with E-state index in [-0.39, 0.29) is 0 Å². The highest BCUT2D eigenvalue weighted by molar-refractivity contribution is 4.83. The van der Waals surface area contributed by atoms with Crippen molar-refractivity contribution < 1.29 is 30.6 Å². The van der Waals surface area contributed by atoms with Crippen LogP contribution in [0, 0.1) is 0 Å². The lowest BCUT2D eigenvalue weighted by Crippen LogP contribution is -2.53. The first kappa shape index (κ1) is 20.7. The van der Waals surface area contributed by atoms with Crippen molar-refractivity contribution >= 4 is 0 Å². The minimum atomic E-state index is -1.75. The van der Waals surface area contributed by atoms with E-state index in [9.17, 15) is 25.5 Å². The zero-order chi connectivity index (χ0) is 16.3. The van der Waals surface area contributed by atoms with E-state index in [4.69, 9.17) is 5.11 Å². The van der Waals surface area contributed by atoms with Gasteiger partial charge in [-0.3, -0.25) is 5.32 Å². The van der Waals surface area contributed by atoms with Crippen LogP contribution in [0.1, 0.15) is 45.4 Å². The fourth-order valence-electron chi connectivity index (χ4n) is 2.00. The summed E-state index contributed by atoms with van der Waals surface area (Å²) in [4.78, 5) is 0. The molecule has 0 aliphatic heterocycles. The van der Waals surface area contributed by atoms with Gasteiger partial charge < -0.3 is 30.6 Å². The third kappa shape index (κ3) is 8.67. The van der Waals surface area contributed by atoms with Crippen molar-refractivity contribution in [3.63, 3.8) is 0 Å². The normalized spacial score (nSPS) is 19.0. The van der Waals surface area contributed by atoms with Gasteiger partial charge in [0.05, 0.1) is 6.61 Å². The maximum Gasteiger partial charge on any atom is 0.133 e. The molecule has 0 saturated heterocycles. The topological polar surface area (TPSA) is 133 Å². The van der Waals surface area contributed by atoms with Gasteiger partial charge in [-0.15, -0.1) is 0 Å². The molecule has 0 heterocycles. The van der Waals surface area contributed by atoms with Crippen molar-refractivity contribution in [2.75, 3.05) is 13.2 Å². The Morgan fingerprint density at radius 2 is 1.33 bits per heavy atom. The molecule has 0 bridgehead atoms. The highest BCUT2D eigenvalue weighted by Crippen LogP contribution is 2.08. The molecule has 0 aromatic heterocycles. The highest BCUT2D eigenvalue weighted by Gasteiger charge is 2.33. The Morgan fingerprint density at radius 3 is 1.90 bits per heavy atom. The van der Waals surface area contributed by atoms with Gasteiger partial charge in [0.1, 0.15) is 30.6 Å². The summed E-state index contributed by atoms with van der Waals surface area (Å²) < 4.78 is 0. The first-order valence-corrected chi connectivity index (χ1v) is 7.70. The Bertz CT molecular complexity index is 244. The molecule has 0 fully saturated rings. The van der Waals surface area contributed by atoms with Gasteiger partial charge in [0.2, 0.25) is 0 Å². The predicted molar refractivity (Wildman–Crippen MR) is 78.5 cm³/mol. The molecule has 7 heteroatoms. The summed E-state index contributed by atoms with van der Waals surface area (Å²) in [6.07, 6.45) is -1.54. The zero-order valence-electron chi connectivity index (χ0n) is 12.7. The predicted octanol–water partition coefficient (Wildman–Crippen LogP) is -1.31. The van der Waals surface area contributed by atoms with Crippen LogP contribution in [0.15, 0.2) is 0 Å². The lowest BCUT2D eigenvalue weighted by Gasteiger charge is -2.28. The fraction of sp³-hybridized carbons (Fsp3) is 1.00. The van der Waals surface area contributed by atoms with E-state index >= 15 is 0 Å². The Labute approximate surface area is 126 Å². The summed E-state index contributed by atoms with van der Waals surface area (Å²) in [6.45, 7) is 1.88. The number of hydrogen-bond donors (Lipinski definition) is 7. The van der Waals surface area contributed by atoms with Crippen molar-refractivity contribution in [2.24, 2.45) is 0 Å². The first-order chi connectivity index (χ1) is 9.95. The molecule has 5 unspecified atom stereocenters. The van der Waals surface area contributed by atoms with Crippen LogP contribution in [0.3, 0.4) is 0 Å². The second kappa shape index (κ2) is 12.3. The molecular formula is C14H31NO6. The summed E-state index contributed by atoms with van der Waals surface area (Å²) in [5.74, 6) is 0. The summed E-state index contributed by atoms with van der Waals surface area (Å²) in [7, 11) is 0. The molecule has 0 spiro atoms. The lowest BCUT2D eigenvalue weighted by atomic mass is 10.0. The van der Waals surface area contributed by atoms with Gasteiger partial charge in [-0.25, -0.2) is 0 Å². The number of aliphatic hydroxyl groups excluding tert-OH is 6. The molecule has 0 aliphatic carbocycles. The molecule has 0 saturated carbocycles. The minimum absolute atomic E-state index is 0.482. The molecule has 0 aliphatic rings. The van der Waals surface area contributed by atoms with E-state index in [1.54, 1.807) is 0 Å². The van der Waals surface area contributed by atoms with Gasteiger partial charge in [-0.2, -0.15) is 0 Å². The second-order valence-corrected chi connectivity index (χ2v) is 5.39. The van der Waals surface area contributed by atoms with Crippen molar-refractivity contribution in [1.82, 2.24) is 5.32 Å². The summed E-state index contributed by atoms with van der Waals surface area (Å²) >= 11 is 0. The number of nitrogens with one attached hydrogen (secondary N) is 1. The molecule has 0 aromatic carbocycles. The average molecular weight is 309 g/mol. The smallest absolute Gasteiger partial charge is 0.133 e. The lowest BCUT2D eigenvalue weighted by molar-refractivity contribution is -0.145. The van der Waals surface area contributed by atoms with Crippen LogP contribution in [-0.2, 0) is 0 Å². The number of unbranched alkanes of at least 4 members (excludes halogenated alkanes) is 5. The zero-order valence-corrected chi connectivity index (χ0v) is 12.7. The van der Waals surface area contributed by atoms with Crippen LogP contribution in [0.4, 0.5) is 0 Å². The van der Waals surface area contributed by atoms with Crippen molar-refractivity contribution in [3.05, 3.63) is 0 Å². The Hall–Kier alpha value is -0.280. The van der Waals surface area contributed by atoms with Gasteiger partial charge >= 0.3 is 0 Å². The Morgan fingerprint density at radius 1 is 0.762 bits per heavy atom.